The SMILES string of the molecule is O=C(c1ccc2[nH]ccc2c1)N1CCN(C2c3cc(I)ccc3-c3ccc(I)cc32)CC1. The smallest absolute Gasteiger partial charge is 0.253 e. The Kier molecular flexibility index (Phi) is 5.26. The predicted molar refractivity (Wildman–Crippen MR) is 145 cm³/mol. The van der Waals surface area contributed by atoms with Gasteiger partial charge in [-0.1, -0.05) is 12.1 Å². The summed E-state index contributed by atoms with van der Waals surface area (Å²) in [5, 5.41) is 1.08. The van der Waals surface area contributed by atoms with Crippen LogP contribution in [0.5, 0.6) is 0 Å². The summed E-state index contributed by atoms with van der Waals surface area (Å²) in [5.74, 6) is 0.129. The normalized spacial score (nSPS) is 16.4. The molecule has 4 nitrogen and oxygen atoms in total. The van der Waals surface area contributed by atoms with Crippen molar-refractivity contribution in [2.75, 3.05) is 26.2 Å². The van der Waals surface area contributed by atoms with Crippen LogP contribution in [0.25, 0.3) is 22.0 Å². The molecule has 1 aromatic heterocycles. The lowest BCUT2D eigenvalue weighted by molar-refractivity contribution is 0.0600. The Morgan fingerprint density at radius 2 is 1.47 bits per heavy atom. The first-order valence-corrected chi connectivity index (χ1v) is 12.9. The van der Waals surface area contributed by atoms with E-state index in [1.54, 1.807) is 0 Å². The van der Waals surface area contributed by atoms with Gasteiger partial charge in [0.1, 0.15) is 0 Å². The maximum Gasteiger partial charge on any atom is 0.253 e. The van der Waals surface area contributed by atoms with Crippen LogP contribution < -0.4 is 0 Å². The summed E-state index contributed by atoms with van der Waals surface area (Å²) in [6, 6.07) is 21.8. The number of aromatic nitrogens is 1. The first-order valence-electron chi connectivity index (χ1n) is 10.8. The molecule has 0 atom stereocenters. The number of halogens is 2. The molecule has 4 aromatic rings. The minimum Gasteiger partial charge on any atom is -0.361 e. The number of H-pyrrole nitrogens is 1. The number of piperazine rings is 1. The molecule has 3 aromatic carbocycles. The number of carbonyl (C=O) groups excluding carboxylic acids is 1. The van der Waals surface area contributed by atoms with Gasteiger partial charge < -0.3 is 9.88 Å². The van der Waals surface area contributed by atoms with E-state index in [0.29, 0.717) is 0 Å². The van der Waals surface area contributed by atoms with Gasteiger partial charge in [0, 0.05) is 56.0 Å². The molecule has 1 N–H and O–H groups in total. The summed E-state index contributed by atoms with van der Waals surface area (Å²) in [6.45, 7) is 3.25. The topological polar surface area (TPSA) is 39.3 Å². The predicted octanol–water partition coefficient (Wildman–Crippen LogP) is 5.90. The van der Waals surface area contributed by atoms with Crippen LogP contribution in [-0.4, -0.2) is 46.9 Å². The molecule has 2 heterocycles. The molecule has 1 aliphatic heterocycles. The van der Waals surface area contributed by atoms with Crippen molar-refractivity contribution in [2.45, 2.75) is 6.04 Å². The van der Waals surface area contributed by atoms with E-state index in [1.165, 1.54) is 29.4 Å². The molecule has 1 fully saturated rings. The Labute approximate surface area is 214 Å². The van der Waals surface area contributed by atoms with Crippen LogP contribution >= 0.6 is 45.2 Å². The van der Waals surface area contributed by atoms with Crippen LogP contribution in [0.3, 0.4) is 0 Å². The van der Waals surface area contributed by atoms with Gasteiger partial charge in [0.2, 0.25) is 0 Å². The van der Waals surface area contributed by atoms with Crippen LogP contribution in [-0.2, 0) is 0 Å². The lowest BCUT2D eigenvalue weighted by Gasteiger charge is -2.38. The van der Waals surface area contributed by atoms with Gasteiger partial charge in [-0.15, -0.1) is 0 Å². The van der Waals surface area contributed by atoms with E-state index < -0.39 is 0 Å². The third kappa shape index (κ3) is 3.47. The molecule has 6 heteroatoms. The van der Waals surface area contributed by atoms with Crippen molar-refractivity contribution in [1.29, 1.82) is 0 Å². The van der Waals surface area contributed by atoms with Gasteiger partial charge in [-0.25, -0.2) is 0 Å². The maximum absolute atomic E-state index is 13.2. The highest BCUT2D eigenvalue weighted by molar-refractivity contribution is 14.1. The average molecular weight is 645 g/mol. The molecule has 0 bridgehead atoms. The fourth-order valence-corrected chi connectivity index (χ4v) is 6.15. The molecular formula is C26H21I2N3O. The third-order valence-electron chi connectivity index (χ3n) is 6.67. The average Bonchev–Trinajstić information content (AvgIpc) is 3.39. The Bertz CT molecular complexity index is 1300. The maximum atomic E-state index is 13.2. The molecular weight excluding hydrogens is 624 g/mol. The molecule has 0 unspecified atom stereocenters. The zero-order valence-corrected chi connectivity index (χ0v) is 21.6. The highest BCUT2D eigenvalue weighted by atomic mass is 127. The second-order valence-corrected chi connectivity index (χ2v) is 11.0. The molecule has 0 saturated carbocycles. The van der Waals surface area contributed by atoms with Crippen LogP contribution in [0, 0.1) is 7.14 Å². The van der Waals surface area contributed by atoms with E-state index in [-0.39, 0.29) is 11.9 Å². The number of amides is 1. The first kappa shape index (κ1) is 20.7. The monoisotopic (exact) mass is 645 g/mol. The van der Waals surface area contributed by atoms with Gasteiger partial charge in [0.15, 0.2) is 0 Å². The van der Waals surface area contributed by atoms with Crippen molar-refractivity contribution in [3.8, 4) is 11.1 Å². The molecule has 0 radical (unpaired) electrons. The number of hydrogen-bond acceptors (Lipinski definition) is 2. The summed E-state index contributed by atoms with van der Waals surface area (Å²) < 4.78 is 2.53. The first-order chi connectivity index (χ1) is 15.6. The second kappa shape index (κ2) is 8.14. The lowest BCUT2D eigenvalue weighted by Crippen LogP contribution is -2.49. The zero-order chi connectivity index (χ0) is 21.8. The fraction of sp³-hybridized carbons (Fsp3) is 0.192. The van der Waals surface area contributed by atoms with Crippen molar-refractivity contribution in [3.63, 3.8) is 0 Å². The number of rotatable bonds is 2. The highest BCUT2D eigenvalue weighted by Crippen LogP contribution is 2.47. The van der Waals surface area contributed by atoms with E-state index in [0.717, 1.165) is 42.6 Å². The number of benzene rings is 3. The van der Waals surface area contributed by atoms with E-state index in [2.05, 4.69) is 91.5 Å². The van der Waals surface area contributed by atoms with Gasteiger partial charge in [-0.05, 0) is 116 Å². The van der Waals surface area contributed by atoms with Gasteiger partial charge in [-0.3, -0.25) is 9.69 Å². The number of carbonyl (C=O) groups is 1. The molecule has 160 valence electrons. The molecule has 2 aliphatic rings. The van der Waals surface area contributed by atoms with Gasteiger partial charge in [0.25, 0.3) is 5.91 Å². The number of aromatic amines is 1. The van der Waals surface area contributed by atoms with Crippen molar-refractivity contribution in [2.24, 2.45) is 0 Å². The minimum absolute atomic E-state index is 0.129. The van der Waals surface area contributed by atoms with Gasteiger partial charge in [0.05, 0.1) is 6.04 Å². The minimum atomic E-state index is 0.129. The second-order valence-electron chi connectivity index (χ2n) is 8.47. The Balaban J connectivity index is 1.26. The number of nitrogens with one attached hydrogen (secondary N) is 1. The molecule has 6 rings (SSSR count). The van der Waals surface area contributed by atoms with E-state index in [1.807, 2.05) is 35.4 Å². The third-order valence-corrected chi connectivity index (χ3v) is 8.02. The summed E-state index contributed by atoms with van der Waals surface area (Å²) in [6.07, 6.45) is 1.91. The van der Waals surface area contributed by atoms with E-state index >= 15 is 0 Å². The van der Waals surface area contributed by atoms with Crippen LogP contribution in [0.2, 0.25) is 0 Å². The van der Waals surface area contributed by atoms with E-state index in [9.17, 15) is 4.79 Å². The van der Waals surface area contributed by atoms with E-state index in [4.69, 9.17) is 0 Å². The Hall–Kier alpha value is -1.91. The summed E-state index contributed by atoms with van der Waals surface area (Å²) in [7, 11) is 0. The van der Waals surface area contributed by atoms with Crippen molar-refractivity contribution >= 4 is 62.0 Å². The summed E-state index contributed by atoms with van der Waals surface area (Å²) >= 11 is 4.82. The van der Waals surface area contributed by atoms with Crippen molar-refractivity contribution < 1.29 is 4.79 Å². The quantitative estimate of drug-likeness (QED) is 0.276. The zero-order valence-electron chi connectivity index (χ0n) is 17.3. The number of nitrogens with zero attached hydrogens (tertiary/aromatic N) is 2. The largest absolute Gasteiger partial charge is 0.361 e. The summed E-state index contributed by atoms with van der Waals surface area (Å²) in [5.41, 5.74) is 7.32. The molecule has 1 aliphatic carbocycles. The molecule has 0 spiro atoms. The van der Waals surface area contributed by atoms with Crippen LogP contribution in [0.4, 0.5) is 0 Å². The lowest BCUT2D eigenvalue weighted by atomic mass is 10.0. The molecule has 1 amide bonds. The van der Waals surface area contributed by atoms with Gasteiger partial charge >= 0.3 is 0 Å². The van der Waals surface area contributed by atoms with Crippen molar-refractivity contribution in [1.82, 2.24) is 14.8 Å². The Morgan fingerprint density at radius 3 is 2.12 bits per heavy atom. The number of fused-ring (bicyclic) bond motifs is 4. The molecule has 1 saturated heterocycles. The van der Waals surface area contributed by atoms with Crippen LogP contribution in [0.15, 0.2) is 66.9 Å². The summed E-state index contributed by atoms with van der Waals surface area (Å²) in [4.78, 5) is 20.9. The van der Waals surface area contributed by atoms with Gasteiger partial charge in [-0.2, -0.15) is 0 Å². The highest BCUT2D eigenvalue weighted by Gasteiger charge is 2.35. The van der Waals surface area contributed by atoms with Crippen LogP contribution in [0.1, 0.15) is 27.5 Å². The van der Waals surface area contributed by atoms with Crippen molar-refractivity contribution in [3.05, 3.63) is 90.7 Å². The molecule has 32 heavy (non-hydrogen) atoms. The Morgan fingerprint density at radius 1 is 0.812 bits per heavy atom. The number of hydrogen-bond donors (Lipinski definition) is 1. The standard InChI is InChI=1S/C26H21I2N3O/c27-18-2-4-20-21-5-3-19(28)15-23(21)25(22(20)14-18)30-9-11-31(12-10-30)26(32)17-1-6-24-16(13-17)7-8-29-24/h1-8,13-15,25,29H,9-12H2. The fourth-order valence-electron chi connectivity index (χ4n) is 5.12.